The molecule has 1 aliphatic heterocycles. The molecule has 4 rings (SSSR count). The third-order valence-corrected chi connectivity index (χ3v) is 12.0. The van der Waals surface area contributed by atoms with E-state index in [1.54, 1.807) is 7.11 Å². The fourth-order valence-corrected chi connectivity index (χ4v) is 7.65. The van der Waals surface area contributed by atoms with Gasteiger partial charge in [-0.05, 0) is 56.9 Å². The first kappa shape index (κ1) is 23.8. The molecule has 2 aliphatic rings. The number of benzene rings is 1. The van der Waals surface area contributed by atoms with Gasteiger partial charge in [-0.1, -0.05) is 37.3 Å². The van der Waals surface area contributed by atoms with Crippen molar-refractivity contribution >= 4 is 27.7 Å². The number of aromatic nitrogens is 2. The Labute approximate surface area is 198 Å². The first-order valence-electron chi connectivity index (χ1n) is 11.6. The van der Waals surface area contributed by atoms with Crippen molar-refractivity contribution in [3.63, 3.8) is 0 Å². The zero-order valence-electron chi connectivity index (χ0n) is 20.5. The van der Waals surface area contributed by atoms with Gasteiger partial charge in [-0.15, -0.1) is 0 Å². The maximum atomic E-state index is 13.6. The fourth-order valence-electron chi connectivity index (χ4n) is 5.15. The highest BCUT2D eigenvalue weighted by atomic mass is 32.3. The van der Waals surface area contributed by atoms with Crippen LogP contribution in [0.5, 0.6) is 0 Å². The number of nitrogens with zero attached hydrogens (tertiary/aromatic N) is 2. The van der Waals surface area contributed by atoms with Gasteiger partial charge in [-0.25, -0.2) is 10.0 Å². The monoisotopic (exact) mass is 472 g/mol. The SMILES string of the molecule is CCS(C)(C)C1(C(=O)Nc2n[nH]c3c2CN(C(=O)[C@H](OC)c2ccccc2)C3(C)C)CCC1. The standard InChI is InChI=1S/C25H36N4O3S/c1-7-33(5,6)25(14-11-15-25)23(31)26-21-18-16-29(24(2,3)20(18)27-28-21)22(30)19(32-4)17-12-9-8-10-13-17/h8-10,12-13,19H,7,11,14-16H2,1-6H3,(H2,26,27,28,31)/t19-/m1/s1. The molecule has 0 spiro atoms. The Kier molecular flexibility index (Phi) is 6.12. The lowest BCUT2D eigenvalue weighted by molar-refractivity contribution is -0.148. The van der Waals surface area contributed by atoms with E-state index in [0.29, 0.717) is 12.4 Å². The second-order valence-electron chi connectivity index (χ2n) is 10.1. The Morgan fingerprint density at radius 1 is 1.24 bits per heavy atom. The van der Waals surface area contributed by atoms with Crippen LogP contribution in [-0.2, 0) is 26.4 Å². The first-order valence-corrected chi connectivity index (χ1v) is 14.2. The molecule has 2 N–H and O–H groups in total. The lowest BCUT2D eigenvalue weighted by atomic mass is 9.83. The summed E-state index contributed by atoms with van der Waals surface area (Å²) in [7, 11) is 0.494. The van der Waals surface area contributed by atoms with Gasteiger partial charge in [0.05, 0.1) is 22.5 Å². The van der Waals surface area contributed by atoms with Crippen LogP contribution in [0.25, 0.3) is 0 Å². The molecule has 1 atom stereocenters. The number of nitrogens with one attached hydrogen (secondary N) is 2. The third kappa shape index (κ3) is 3.67. The average Bonchev–Trinajstić information content (AvgIpc) is 3.26. The Bertz CT molecular complexity index is 1040. The molecule has 2 amide bonds. The van der Waals surface area contributed by atoms with E-state index in [4.69, 9.17) is 4.74 Å². The van der Waals surface area contributed by atoms with Gasteiger partial charge in [0.1, 0.15) is 0 Å². The van der Waals surface area contributed by atoms with Gasteiger partial charge < -0.3 is 15.0 Å². The van der Waals surface area contributed by atoms with Gasteiger partial charge in [-0.2, -0.15) is 5.10 Å². The Hall–Kier alpha value is -2.32. The largest absolute Gasteiger partial charge is 0.367 e. The van der Waals surface area contributed by atoms with Crippen molar-refractivity contribution in [3.05, 3.63) is 47.2 Å². The summed E-state index contributed by atoms with van der Waals surface area (Å²) in [6, 6.07) is 9.52. The van der Waals surface area contributed by atoms with Gasteiger partial charge in [0, 0.05) is 12.7 Å². The molecule has 33 heavy (non-hydrogen) atoms. The maximum absolute atomic E-state index is 13.6. The number of H-pyrrole nitrogens is 1. The van der Waals surface area contributed by atoms with E-state index in [1.165, 1.54) is 0 Å². The van der Waals surface area contributed by atoms with Crippen LogP contribution < -0.4 is 5.32 Å². The van der Waals surface area contributed by atoms with Crippen molar-refractivity contribution in [2.45, 2.75) is 63.0 Å². The molecular formula is C25H36N4O3S. The zero-order chi connectivity index (χ0) is 24.0. The molecule has 180 valence electrons. The summed E-state index contributed by atoms with van der Waals surface area (Å²) in [4.78, 5) is 28.9. The normalized spacial score (nSPS) is 20.0. The maximum Gasteiger partial charge on any atom is 0.257 e. The minimum Gasteiger partial charge on any atom is -0.367 e. The minimum absolute atomic E-state index is 0.0755. The Balaban J connectivity index is 1.59. The number of anilines is 1. The smallest absolute Gasteiger partial charge is 0.257 e. The molecule has 2 heterocycles. The van der Waals surface area contributed by atoms with E-state index in [2.05, 4.69) is 34.9 Å². The molecule has 0 unspecified atom stereocenters. The van der Waals surface area contributed by atoms with Crippen LogP contribution in [0.1, 0.15) is 63.0 Å². The van der Waals surface area contributed by atoms with Crippen molar-refractivity contribution in [2.24, 2.45) is 0 Å². The van der Waals surface area contributed by atoms with Crippen molar-refractivity contribution in [1.82, 2.24) is 15.1 Å². The van der Waals surface area contributed by atoms with Gasteiger partial charge in [0.25, 0.3) is 5.91 Å². The number of rotatable bonds is 7. The third-order valence-electron chi connectivity index (χ3n) is 7.88. The van der Waals surface area contributed by atoms with Gasteiger partial charge >= 0.3 is 0 Å². The number of amides is 2. The number of ether oxygens (including phenoxy) is 1. The predicted octanol–water partition coefficient (Wildman–Crippen LogP) is 4.32. The molecule has 0 radical (unpaired) electrons. The van der Waals surface area contributed by atoms with E-state index >= 15 is 0 Å². The van der Waals surface area contributed by atoms with E-state index in [0.717, 1.165) is 41.8 Å². The van der Waals surface area contributed by atoms with Crippen molar-refractivity contribution in [1.29, 1.82) is 0 Å². The van der Waals surface area contributed by atoms with E-state index in [-0.39, 0.29) is 16.6 Å². The number of hydrogen-bond acceptors (Lipinski definition) is 4. The summed E-state index contributed by atoms with van der Waals surface area (Å²) >= 11 is 0. The zero-order valence-corrected chi connectivity index (χ0v) is 21.3. The van der Waals surface area contributed by atoms with Crippen molar-refractivity contribution < 1.29 is 14.3 Å². The topological polar surface area (TPSA) is 87.3 Å². The Morgan fingerprint density at radius 2 is 1.91 bits per heavy atom. The number of methoxy groups -OCH3 is 1. The summed E-state index contributed by atoms with van der Waals surface area (Å²) in [5.74, 6) is 1.53. The number of carbonyl (C=O) groups excluding carboxylic acids is 2. The van der Waals surface area contributed by atoms with Crippen molar-refractivity contribution in [2.75, 3.05) is 30.7 Å². The van der Waals surface area contributed by atoms with E-state index in [9.17, 15) is 9.59 Å². The molecule has 2 aromatic rings. The molecule has 1 aliphatic carbocycles. The van der Waals surface area contributed by atoms with Crippen LogP contribution >= 0.6 is 10.0 Å². The molecule has 0 saturated heterocycles. The predicted molar refractivity (Wildman–Crippen MR) is 134 cm³/mol. The first-order chi connectivity index (χ1) is 15.6. The van der Waals surface area contributed by atoms with E-state index in [1.807, 2.05) is 49.1 Å². The highest BCUT2D eigenvalue weighted by molar-refractivity contribution is 8.34. The number of fused-ring (bicyclic) bond motifs is 1. The van der Waals surface area contributed by atoms with Crippen LogP contribution in [0, 0.1) is 0 Å². The number of hydrogen-bond donors (Lipinski definition) is 2. The quantitative estimate of drug-likeness (QED) is 0.628. The van der Waals surface area contributed by atoms with Gasteiger partial charge in [0.15, 0.2) is 11.9 Å². The van der Waals surface area contributed by atoms with Crippen LogP contribution in [0.2, 0.25) is 0 Å². The molecule has 7 nitrogen and oxygen atoms in total. The van der Waals surface area contributed by atoms with Crippen molar-refractivity contribution in [3.8, 4) is 0 Å². The summed E-state index contributed by atoms with van der Waals surface area (Å²) < 4.78 is 5.32. The second kappa shape index (κ2) is 8.47. The summed E-state index contributed by atoms with van der Waals surface area (Å²) in [6.07, 6.45) is 6.80. The number of aromatic amines is 1. The van der Waals surface area contributed by atoms with Crippen LogP contribution in [0.3, 0.4) is 0 Å². The molecule has 1 saturated carbocycles. The van der Waals surface area contributed by atoms with E-state index < -0.39 is 21.7 Å². The minimum atomic E-state index is -1.06. The molecule has 1 aromatic carbocycles. The highest BCUT2D eigenvalue weighted by Gasteiger charge is 2.52. The summed E-state index contributed by atoms with van der Waals surface area (Å²) in [5, 5.41) is 10.7. The van der Waals surface area contributed by atoms with Crippen LogP contribution in [-0.4, -0.2) is 57.0 Å². The summed E-state index contributed by atoms with van der Waals surface area (Å²) in [5.41, 5.74) is 1.96. The fraction of sp³-hybridized carbons (Fsp3) is 0.560. The molecule has 1 fully saturated rings. The number of carbonyl (C=O) groups is 2. The second-order valence-corrected chi connectivity index (χ2v) is 14.5. The average molecular weight is 473 g/mol. The molecular weight excluding hydrogens is 436 g/mol. The van der Waals surface area contributed by atoms with Gasteiger partial charge in [-0.3, -0.25) is 14.7 Å². The van der Waals surface area contributed by atoms with Crippen LogP contribution in [0.15, 0.2) is 30.3 Å². The lowest BCUT2D eigenvalue weighted by Crippen LogP contribution is -2.52. The lowest BCUT2D eigenvalue weighted by Gasteiger charge is -2.54. The highest BCUT2D eigenvalue weighted by Crippen LogP contribution is 2.62. The van der Waals surface area contributed by atoms with Crippen LogP contribution in [0.4, 0.5) is 5.82 Å². The van der Waals surface area contributed by atoms with Gasteiger partial charge in [0.2, 0.25) is 5.91 Å². The summed E-state index contributed by atoms with van der Waals surface area (Å²) in [6.45, 7) is 6.54. The molecule has 8 heteroatoms. The molecule has 1 aromatic heterocycles. The Morgan fingerprint density at radius 3 is 2.45 bits per heavy atom. The molecule has 0 bridgehead atoms.